The van der Waals surface area contributed by atoms with E-state index < -0.39 is 24.6 Å². The van der Waals surface area contributed by atoms with E-state index >= 15 is 0 Å². The molecule has 0 spiro atoms. The van der Waals surface area contributed by atoms with Crippen molar-refractivity contribution in [3.63, 3.8) is 0 Å². The third-order valence-corrected chi connectivity index (χ3v) is 1.53. The Morgan fingerprint density at radius 1 is 1.33 bits per heavy atom. The van der Waals surface area contributed by atoms with Gasteiger partial charge in [0.2, 0.25) is 0 Å². The highest BCUT2D eigenvalue weighted by Crippen LogP contribution is 2.02. The van der Waals surface area contributed by atoms with Gasteiger partial charge in [0, 0.05) is 19.8 Å². The van der Waals surface area contributed by atoms with Gasteiger partial charge in [0.25, 0.3) is 0 Å². The smallest absolute Gasteiger partial charge is 0.334 e. The second-order valence-corrected chi connectivity index (χ2v) is 2.67. The molecule has 0 fully saturated rings. The normalized spacial score (nSPS) is 10.1. The van der Waals surface area contributed by atoms with Gasteiger partial charge in [-0.1, -0.05) is 6.58 Å². The zero-order valence-electron chi connectivity index (χ0n) is 8.69. The summed E-state index contributed by atoms with van der Waals surface area (Å²) in [7, 11) is 2.79. The molecular weight excluding hydrogens is 204 g/mol. The van der Waals surface area contributed by atoms with E-state index in [1.165, 1.54) is 14.2 Å². The van der Waals surface area contributed by atoms with Gasteiger partial charge < -0.3 is 19.3 Å². The van der Waals surface area contributed by atoms with Crippen molar-refractivity contribution in [2.75, 3.05) is 20.8 Å². The molecule has 0 bridgehead atoms. The fraction of sp³-hybridized carbons (Fsp3) is 0.556. The maximum absolute atomic E-state index is 11.1. The maximum atomic E-state index is 11.1. The first-order valence-electron chi connectivity index (χ1n) is 4.13. The number of hydrogen-bond acceptors (Lipinski definition) is 5. The first-order chi connectivity index (χ1) is 7.01. The highest BCUT2D eigenvalue weighted by atomic mass is 16.7. The number of hydrogen-bond donors (Lipinski definition) is 1. The lowest BCUT2D eigenvalue weighted by molar-refractivity contribution is -0.163. The number of esters is 1. The molecule has 15 heavy (non-hydrogen) atoms. The van der Waals surface area contributed by atoms with Gasteiger partial charge in [0.1, 0.15) is 6.61 Å². The molecule has 0 amide bonds. The molecule has 0 saturated heterocycles. The second kappa shape index (κ2) is 6.97. The summed E-state index contributed by atoms with van der Waals surface area (Å²) < 4.78 is 14.2. The summed E-state index contributed by atoms with van der Waals surface area (Å²) in [5.74, 6) is -1.90. The summed E-state index contributed by atoms with van der Waals surface area (Å²) in [5, 5.41) is 8.38. The quantitative estimate of drug-likeness (QED) is 0.373. The Bertz CT molecular complexity index is 243. The maximum Gasteiger partial charge on any atom is 0.334 e. The van der Waals surface area contributed by atoms with Crippen LogP contribution in [-0.2, 0) is 23.8 Å². The van der Waals surface area contributed by atoms with Gasteiger partial charge in [-0.2, -0.15) is 0 Å². The molecule has 86 valence electrons. The van der Waals surface area contributed by atoms with Gasteiger partial charge in [0.05, 0.1) is 6.42 Å². The van der Waals surface area contributed by atoms with Crippen molar-refractivity contribution in [1.29, 1.82) is 0 Å². The highest BCUT2D eigenvalue weighted by Gasteiger charge is 2.14. The molecule has 0 aromatic heterocycles. The van der Waals surface area contributed by atoms with Crippen molar-refractivity contribution in [2.24, 2.45) is 0 Å². The molecule has 0 radical (unpaired) electrons. The van der Waals surface area contributed by atoms with Gasteiger partial charge in [-0.05, 0) is 0 Å². The average molecular weight is 218 g/mol. The molecule has 0 aliphatic heterocycles. The van der Waals surface area contributed by atoms with Crippen LogP contribution in [0.3, 0.4) is 0 Å². The van der Waals surface area contributed by atoms with Gasteiger partial charge in [0.15, 0.2) is 6.29 Å². The number of carbonyl (C=O) groups is 2. The minimum absolute atomic E-state index is 0.107. The summed E-state index contributed by atoms with van der Waals surface area (Å²) >= 11 is 0. The first kappa shape index (κ1) is 13.6. The average Bonchev–Trinajstić information content (AvgIpc) is 2.18. The van der Waals surface area contributed by atoms with E-state index in [1.54, 1.807) is 0 Å². The number of carboxylic acid groups (broad SMARTS) is 1. The van der Waals surface area contributed by atoms with Crippen molar-refractivity contribution in [2.45, 2.75) is 12.7 Å². The van der Waals surface area contributed by atoms with Gasteiger partial charge in [-0.15, -0.1) is 0 Å². The van der Waals surface area contributed by atoms with Crippen LogP contribution in [0.15, 0.2) is 12.2 Å². The van der Waals surface area contributed by atoms with Gasteiger partial charge in [-0.3, -0.25) is 4.79 Å². The van der Waals surface area contributed by atoms with Crippen LogP contribution in [0, 0.1) is 0 Å². The molecule has 0 rings (SSSR count). The van der Waals surface area contributed by atoms with E-state index in [-0.39, 0.29) is 12.2 Å². The van der Waals surface area contributed by atoms with Crippen molar-refractivity contribution in [3.05, 3.63) is 12.2 Å². The largest absolute Gasteiger partial charge is 0.481 e. The lowest BCUT2D eigenvalue weighted by Gasteiger charge is -2.13. The fourth-order valence-electron chi connectivity index (χ4n) is 0.733. The van der Waals surface area contributed by atoms with E-state index in [0.717, 1.165) is 0 Å². The third-order valence-electron chi connectivity index (χ3n) is 1.53. The number of carboxylic acids is 1. The molecule has 6 nitrogen and oxygen atoms in total. The Morgan fingerprint density at radius 3 is 2.27 bits per heavy atom. The minimum atomic E-state index is -1.13. The molecule has 1 N–H and O–H groups in total. The summed E-state index contributed by atoms with van der Waals surface area (Å²) in [5.41, 5.74) is -0.117. The van der Waals surface area contributed by atoms with E-state index in [4.69, 9.17) is 19.3 Å². The van der Waals surface area contributed by atoms with Crippen molar-refractivity contribution < 1.29 is 28.9 Å². The zero-order chi connectivity index (χ0) is 11.8. The molecule has 6 heteroatoms. The van der Waals surface area contributed by atoms with E-state index in [0.29, 0.717) is 0 Å². The standard InChI is InChI=1S/C9H14O6/c1-6(4-7(10)11)9(12)15-5-8(13-2)14-3/h8H,1,4-5H2,2-3H3,(H,10,11). The SMILES string of the molecule is C=C(CC(=O)O)C(=O)OCC(OC)OC. The van der Waals surface area contributed by atoms with E-state index in [9.17, 15) is 9.59 Å². The van der Waals surface area contributed by atoms with Crippen LogP contribution in [0.1, 0.15) is 6.42 Å². The summed E-state index contributed by atoms with van der Waals surface area (Å²) in [6.45, 7) is 3.18. The van der Waals surface area contributed by atoms with Crippen molar-refractivity contribution in [1.82, 2.24) is 0 Å². The van der Waals surface area contributed by atoms with Crippen LogP contribution in [0.2, 0.25) is 0 Å². The van der Waals surface area contributed by atoms with Crippen LogP contribution < -0.4 is 0 Å². The monoisotopic (exact) mass is 218 g/mol. The highest BCUT2D eigenvalue weighted by molar-refractivity contribution is 5.92. The Balaban J connectivity index is 3.92. The molecule has 0 saturated carbocycles. The molecular formula is C9H14O6. The zero-order valence-corrected chi connectivity index (χ0v) is 8.69. The van der Waals surface area contributed by atoms with E-state index in [2.05, 4.69) is 6.58 Å². The van der Waals surface area contributed by atoms with Crippen LogP contribution >= 0.6 is 0 Å². The molecule has 0 aliphatic carbocycles. The molecule has 0 heterocycles. The lowest BCUT2D eigenvalue weighted by Crippen LogP contribution is -2.23. The predicted molar refractivity (Wildman–Crippen MR) is 50.2 cm³/mol. The molecule has 0 atom stereocenters. The Hall–Kier alpha value is -1.40. The number of methoxy groups -OCH3 is 2. The minimum Gasteiger partial charge on any atom is -0.481 e. The molecule has 0 aliphatic rings. The molecule has 0 aromatic carbocycles. The second-order valence-electron chi connectivity index (χ2n) is 2.67. The van der Waals surface area contributed by atoms with Crippen molar-refractivity contribution >= 4 is 11.9 Å². The van der Waals surface area contributed by atoms with Crippen LogP contribution in [0.4, 0.5) is 0 Å². The molecule has 0 aromatic rings. The van der Waals surface area contributed by atoms with Crippen LogP contribution in [0.25, 0.3) is 0 Å². The number of ether oxygens (including phenoxy) is 3. The Morgan fingerprint density at radius 2 is 1.87 bits per heavy atom. The Labute approximate surface area is 87.4 Å². The van der Waals surface area contributed by atoms with Crippen LogP contribution in [-0.4, -0.2) is 44.2 Å². The summed E-state index contributed by atoms with van der Waals surface area (Å²) in [6.07, 6.45) is -1.10. The number of aliphatic carboxylic acids is 1. The van der Waals surface area contributed by atoms with Gasteiger partial charge >= 0.3 is 11.9 Å². The fourth-order valence-corrected chi connectivity index (χ4v) is 0.733. The summed E-state index contributed by atoms with van der Waals surface area (Å²) in [4.78, 5) is 21.4. The Kier molecular flexibility index (Phi) is 6.32. The lowest BCUT2D eigenvalue weighted by atomic mass is 10.2. The van der Waals surface area contributed by atoms with Gasteiger partial charge in [-0.25, -0.2) is 4.79 Å². The third kappa shape index (κ3) is 5.82. The predicted octanol–water partition coefficient (Wildman–Crippen LogP) is 0.179. The van der Waals surface area contributed by atoms with Crippen LogP contribution in [0.5, 0.6) is 0 Å². The molecule has 0 unspecified atom stereocenters. The summed E-state index contributed by atoms with van der Waals surface area (Å²) in [6, 6.07) is 0. The number of rotatable bonds is 7. The van der Waals surface area contributed by atoms with E-state index in [1.807, 2.05) is 0 Å². The first-order valence-corrected chi connectivity index (χ1v) is 4.13. The van der Waals surface area contributed by atoms with Crippen molar-refractivity contribution in [3.8, 4) is 0 Å². The number of carbonyl (C=O) groups excluding carboxylic acids is 1. The topological polar surface area (TPSA) is 82.1 Å².